The van der Waals surface area contributed by atoms with Crippen molar-refractivity contribution in [2.24, 2.45) is 11.0 Å². The molecule has 1 fully saturated rings. The molecule has 1 unspecified atom stereocenters. The summed E-state index contributed by atoms with van der Waals surface area (Å²) in [4.78, 5) is 20.8. The van der Waals surface area contributed by atoms with Crippen LogP contribution >= 0.6 is 0 Å². The van der Waals surface area contributed by atoms with Gasteiger partial charge in [0.05, 0.1) is 0 Å². The molecule has 0 radical (unpaired) electrons. The normalized spacial score (nSPS) is 17.6. The number of benzene rings is 1. The van der Waals surface area contributed by atoms with Crippen LogP contribution in [0.1, 0.15) is 12.2 Å². The Morgan fingerprint density at radius 3 is 2.73 bits per heavy atom. The number of anilines is 1. The van der Waals surface area contributed by atoms with Crippen LogP contribution in [0.2, 0.25) is 0 Å². The Bertz CT molecular complexity index is 729. The first-order valence-corrected chi connectivity index (χ1v) is 7.10. The average Bonchev–Trinajstić information content (AvgIpc) is 3.11. The topological polar surface area (TPSA) is 86.9 Å². The molecule has 7 nitrogen and oxygen atoms in total. The molecule has 0 bridgehead atoms. The zero-order chi connectivity index (χ0) is 15.5. The number of aryl methyl sites for hydroxylation is 1. The smallest absolute Gasteiger partial charge is 0.227 e. The van der Waals surface area contributed by atoms with Gasteiger partial charge in [0, 0.05) is 48.2 Å². The minimum absolute atomic E-state index is 0.0738. The minimum atomic E-state index is 0.0738. The lowest BCUT2D eigenvalue weighted by Gasteiger charge is -2.17. The second kappa shape index (κ2) is 5.91. The van der Waals surface area contributed by atoms with Crippen LogP contribution < -0.4 is 4.90 Å². The molecule has 1 amide bonds. The second-order valence-electron chi connectivity index (χ2n) is 5.35. The largest absolute Gasteiger partial charge is 0.312 e. The standard InChI is InChI=1S/C15H16N6O/c1-11-17-6-7-20(11)13-2-4-14(5-3-13)21-10-12(8-15(21)22)9-18-19-16/h2-7,12H,8-10H2,1H3. The van der Waals surface area contributed by atoms with Gasteiger partial charge in [-0.15, -0.1) is 0 Å². The molecular formula is C15H16N6O. The monoisotopic (exact) mass is 296 g/mol. The number of hydrogen-bond acceptors (Lipinski definition) is 3. The highest BCUT2D eigenvalue weighted by molar-refractivity contribution is 5.95. The molecule has 1 aliphatic rings. The van der Waals surface area contributed by atoms with Crippen LogP contribution in [0.3, 0.4) is 0 Å². The number of hydrogen-bond donors (Lipinski definition) is 0. The summed E-state index contributed by atoms with van der Waals surface area (Å²) in [5.74, 6) is 1.09. The average molecular weight is 296 g/mol. The van der Waals surface area contributed by atoms with E-state index in [4.69, 9.17) is 5.53 Å². The van der Waals surface area contributed by atoms with Crippen molar-refractivity contribution in [3.8, 4) is 5.69 Å². The molecule has 22 heavy (non-hydrogen) atoms. The van der Waals surface area contributed by atoms with Crippen LogP contribution in [0.4, 0.5) is 5.69 Å². The van der Waals surface area contributed by atoms with Gasteiger partial charge in [-0.05, 0) is 42.6 Å². The maximum atomic E-state index is 12.1. The van der Waals surface area contributed by atoms with E-state index in [0.29, 0.717) is 19.5 Å². The van der Waals surface area contributed by atoms with E-state index in [2.05, 4.69) is 15.0 Å². The summed E-state index contributed by atoms with van der Waals surface area (Å²) < 4.78 is 1.99. The molecule has 1 aromatic carbocycles. The molecule has 1 aromatic heterocycles. The number of amides is 1. The summed E-state index contributed by atoms with van der Waals surface area (Å²) in [6.45, 7) is 2.91. The van der Waals surface area contributed by atoms with Crippen molar-refractivity contribution >= 4 is 11.6 Å². The summed E-state index contributed by atoms with van der Waals surface area (Å²) >= 11 is 0. The van der Waals surface area contributed by atoms with Gasteiger partial charge in [-0.25, -0.2) is 4.98 Å². The molecule has 1 saturated heterocycles. The van der Waals surface area contributed by atoms with Crippen LogP contribution in [-0.2, 0) is 4.79 Å². The van der Waals surface area contributed by atoms with E-state index < -0.39 is 0 Å². The first-order chi connectivity index (χ1) is 10.7. The zero-order valence-electron chi connectivity index (χ0n) is 12.3. The molecule has 1 aliphatic heterocycles. The second-order valence-corrected chi connectivity index (χ2v) is 5.35. The highest BCUT2D eigenvalue weighted by Gasteiger charge is 2.29. The van der Waals surface area contributed by atoms with Gasteiger partial charge < -0.3 is 9.47 Å². The highest BCUT2D eigenvalue weighted by atomic mass is 16.2. The molecule has 1 atom stereocenters. The lowest BCUT2D eigenvalue weighted by molar-refractivity contribution is -0.117. The minimum Gasteiger partial charge on any atom is -0.312 e. The fourth-order valence-electron chi connectivity index (χ4n) is 2.75. The van der Waals surface area contributed by atoms with Crippen LogP contribution in [0, 0.1) is 12.8 Å². The van der Waals surface area contributed by atoms with Crippen molar-refractivity contribution in [1.82, 2.24) is 9.55 Å². The summed E-state index contributed by atoms with van der Waals surface area (Å²) in [6.07, 6.45) is 4.09. The van der Waals surface area contributed by atoms with Crippen molar-refractivity contribution in [3.05, 3.63) is 52.9 Å². The van der Waals surface area contributed by atoms with E-state index in [1.165, 1.54) is 0 Å². The maximum absolute atomic E-state index is 12.1. The SMILES string of the molecule is Cc1nccn1-c1ccc(N2CC(CN=[N+]=[N-])CC2=O)cc1. The van der Waals surface area contributed by atoms with Crippen molar-refractivity contribution in [2.45, 2.75) is 13.3 Å². The number of nitrogens with zero attached hydrogens (tertiary/aromatic N) is 6. The predicted molar refractivity (Wildman–Crippen MR) is 82.8 cm³/mol. The Hall–Kier alpha value is -2.79. The van der Waals surface area contributed by atoms with Crippen molar-refractivity contribution in [3.63, 3.8) is 0 Å². The lowest BCUT2D eigenvalue weighted by Crippen LogP contribution is -2.24. The van der Waals surface area contributed by atoms with E-state index in [1.807, 2.05) is 42.0 Å². The van der Waals surface area contributed by atoms with Gasteiger partial charge in [-0.1, -0.05) is 5.11 Å². The number of azide groups is 1. The number of carbonyl (C=O) groups is 1. The van der Waals surface area contributed by atoms with Gasteiger partial charge in [0.2, 0.25) is 5.91 Å². The Morgan fingerprint density at radius 1 is 1.36 bits per heavy atom. The Kier molecular flexibility index (Phi) is 3.80. The zero-order valence-corrected chi connectivity index (χ0v) is 12.3. The Labute approximate surface area is 127 Å². The van der Waals surface area contributed by atoms with E-state index >= 15 is 0 Å². The van der Waals surface area contributed by atoms with E-state index in [0.717, 1.165) is 17.2 Å². The number of rotatable bonds is 4. The van der Waals surface area contributed by atoms with Gasteiger partial charge in [0.25, 0.3) is 0 Å². The van der Waals surface area contributed by atoms with Gasteiger partial charge in [-0.3, -0.25) is 4.79 Å². The number of aromatic nitrogens is 2. The molecule has 0 spiro atoms. The molecule has 2 aromatic rings. The Morgan fingerprint density at radius 2 is 2.09 bits per heavy atom. The molecule has 0 saturated carbocycles. The van der Waals surface area contributed by atoms with Crippen LogP contribution in [-0.4, -0.2) is 28.5 Å². The van der Waals surface area contributed by atoms with Crippen LogP contribution in [0.15, 0.2) is 41.8 Å². The molecule has 2 heterocycles. The third-order valence-electron chi connectivity index (χ3n) is 3.87. The first-order valence-electron chi connectivity index (χ1n) is 7.10. The fourth-order valence-corrected chi connectivity index (χ4v) is 2.75. The van der Waals surface area contributed by atoms with Gasteiger partial charge in [-0.2, -0.15) is 0 Å². The summed E-state index contributed by atoms with van der Waals surface area (Å²) in [6, 6.07) is 7.81. The first kappa shape index (κ1) is 14.2. The molecule has 3 rings (SSSR count). The van der Waals surface area contributed by atoms with Crippen LogP contribution in [0.5, 0.6) is 0 Å². The van der Waals surface area contributed by atoms with Gasteiger partial charge in [0.15, 0.2) is 0 Å². The van der Waals surface area contributed by atoms with Gasteiger partial charge >= 0.3 is 0 Å². The van der Waals surface area contributed by atoms with E-state index in [1.54, 1.807) is 11.1 Å². The highest BCUT2D eigenvalue weighted by Crippen LogP contribution is 2.26. The summed E-state index contributed by atoms with van der Waals surface area (Å²) in [7, 11) is 0. The van der Waals surface area contributed by atoms with E-state index in [-0.39, 0.29) is 11.8 Å². The maximum Gasteiger partial charge on any atom is 0.227 e. The quantitative estimate of drug-likeness (QED) is 0.493. The third kappa shape index (κ3) is 2.66. The Balaban J connectivity index is 1.77. The molecule has 7 heteroatoms. The molecule has 0 N–H and O–H groups in total. The van der Waals surface area contributed by atoms with Crippen molar-refractivity contribution < 1.29 is 4.79 Å². The van der Waals surface area contributed by atoms with Gasteiger partial charge in [0.1, 0.15) is 5.82 Å². The summed E-state index contributed by atoms with van der Waals surface area (Å²) in [5, 5.41) is 3.57. The number of carbonyl (C=O) groups excluding carboxylic acids is 1. The van der Waals surface area contributed by atoms with E-state index in [9.17, 15) is 4.79 Å². The van der Waals surface area contributed by atoms with Crippen LogP contribution in [0.25, 0.3) is 16.1 Å². The fraction of sp³-hybridized carbons (Fsp3) is 0.333. The third-order valence-corrected chi connectivity index (χ3v) is 3.87. The molecular weight excluding hydrogens is 280 g/mol. The molecule has 0 aliphatic carbocycles. The number of imidazole rings is 1. The summed E-state index contributed by atoms with van der Waals surface area (Å²) in [5.41, 5.74) is 10.3. The lowest BCUT2D eigenvalue weighted by atomic mass is 10.1. The van der Waals surface area contributed by atoms with Crippen molar-refractivity contribution in [1.29, 1.82) is 0 Å². The predicted octanol–water partition coefficient (Wildman–Crippen LogP) is 2.84. The van der Waals surface area contributed by atoms with Crippen molar-refractivity contribution in [2.75, 3.05) is 18.0 Å². The molecule has 112 valence electrons.